The number of aromatic hydroxyl groups is 1. The predicted octanol–water partition coefficient (Wildman–Crippen LogP) is 6.09. The molecule has 148 valence electrons. The molecule has 1 heterocycles. The fourth-order valence-electron chi connectivity index (χ4n) is 5.16. The zero-order chi connectivity index (χ0) is 19.9. The Morgan fingerprint density at radius 1 is 1.07 bits per heavy atom. The van der Waals surface area contributed by atoms with Crippen molar-refractivity contribution in [3.63, 3.8) is 0 Å². The minimum atomic E-state index is -0.124. The first kappa shape index (κ1) is 18.9. The second-order valence-electron chi connectivity index (χ2n) is 9.15. The average Bonchev–Trinajstić information content (AvgIpc) is 2.64. The molecular weight excluding hydrogens is 348 g/mol. The fraction of sp³-hybridized carbons (Fsp3) is 0.440. The van der Waals surface area contributed by atoms with Gasteiger partial charge in [0.25, 0.3) is 0 Å². The van der Waals surface area contributed by atoms with E-state index in [1.165, 1.54) is 18.4 Å². The number of methoxy groups -OCH3 is 1. The van der Waals surface area contributed by atoms with Crippen molar-refractivity contribution in [3.8, 4) is 17.2 Å². The minimum Gasteiger partial charge on any atom is -0.508 e. The van der Waals surface area contributed by atoms with E-state index in [1.807, 2.05) is 24.3 Å². The highest BCUT2D eigenvalue weighted by molar-refractivity contribution is 5.72. The van der Waals surface area contributed by atoms with Crippen molar-refractivity contribution in [3.05, 3.63) is 53.1 Å². The van der Waals surface area contributed by atoms with Crippen molar-refractivity contribution in [1.82, 2.24) is 0 Å². The third-order valence-electron chi connectivity index (χ3n) is 6.65. The molecule has 1 saturated carbocycles. The molecule has 2 aromatic rings. The van der Waals surface area contributed by atoms with Gasteiger partial charge in [-0.05, 0) is 79.0 Å². The van der Waals surface area contributed by atoms with Crippen LogP contribution in [0.4, 0.5) is 0 Å². The minimum absolute atomic E-state index is 0.124. The van der Waals surface area contributed by atoms with Crippen LogP contribution in [0.2, 0.25) is 0 Å². The normalized spacial score (nSPS) is 25.6. The van der Waals surface area contributed by atoms with Crippen LogP contribution in [0.3, 0.4) is 0 Å². The van der Waals surface area contributed by atoms with Gasteiger partial charge in [-0.2, -0.15) is 0 Å². The molecule has 0 amide bonds. The Balaban J connectivity index is 1.71. The summed E-state index contributed by atoms with van der Waals surface area (Å²) in [7, 11) is 1.71. The zero-order valence-electron chi connectivity index (χ0n) is 17.3. The van der Waals surface area contributed by atoms with E-state index in [4.69, 9.17) is 9.47 Å². The van der Waals surface area contributed by atoms with E-state index in [0.717, 1.165) is 35.5 Å². The highest BCUT2D eigenvalue weighted by Gasteiger charge is 2.51. The van der Waals surface area contributed by atoms with Crippen LogP contribution >= 0.6 is 0 Å². The lowest BCUT2D eigenvalue weighted by Gasteiger charge is -2.53. The summed E-state index contributed by atoms with van der Waals surface area (Å²) >= 11 is 0. The van der Waals surface area contributed by atoms with Gasteiger partial charge in [0.15, 0.2) is 11.5 Å². The number of rotatable bonds is 3. The molecule has 0 spiro atoms. The Kier molecular flexibility index (Phi) is 4.65. The molecule has 0 radical (unpaired) electrons. The molecule has 0 bridgehead atoms. The van der Waals surface area contributed by atoms with E-state index in [1.54, 1.807) is 19.2 Å². The first-order chi connectivity index (χ1) is 13.3. The summed E-state index contributed by atoms with van der Waals surface area (Å²) in [6.45, 7) is 7.04. The lowest BCUT2D eigenvalue weighted by Crippen LogP contribution is -2.54. The second kappa shape index (κ2) is 6.88. The summed E-state index contributed by atoms with van der Waals surface area (Å²) < 4.78 is 12.3. The molecule has 2 aliphatic rings. The Morgan fingerprint density at radius 2 is 1.86 bits per heavy atom. The monoisotopic (exact) mass is 378 g/mol. The third-order valence-corrected chi connectivity index (χ3v) is 6.65. The van der Waals surface area contributed by atoms with Crippen LogP contribution in [0, 0.1) is 11.3 Å². The van der Waals surface area contributed by atoms with Gasteiger partial charge in [0.1, 0.15) is 11.4 Å². The van der Waals surface area contributed by atoms with E-state index in [0.29, 0.717) is 5.92 Å². The summed E-state index contributed by atoms with van der Waals surface area (Å²) in [4.78, 5) is 0. The molecule has 1 fully saturated rings. The lowest BCUT2D eigenvalue weighted by atomic mass is 9.59. The van der Waals surface area contributed by atoms with Crippen LogP contribution in [-0.2, 0) is 6.42 Å². The Hall–Kier alpha value is -2.42. The second-order valence-corrected chi connectivity index (χ2v) is 9.15. The van der Waals surface area contributed by atoms with E-state index >= 15 is 0 Å². The maximum absolute atomic E-state index is 9.66. The average molecular weight is 379 g/mol. The highest BCUT2D eigenvalue weighted by Crippen LogP contribution is 2.54. The number of phenolic OH excluding ortho intramolecular Hbond substituents is 1. The molecule has 4 rings (SSSR count). The number of fused-ring (bicyclic) bond motifs is 2. The quantitative estimate of drug-likeness (QED) is 0.657. The van der Waals surface area contributed by atoms with E-state index in [2.05, 4.69) is 32.9 Å². The molecule has 1 aliphatic heterocycles. The van der Waals surface area contributed by atoms with Gasteiger partial charge >= 0.3 is 0 Å². The maximum atomic E-state index is 9.66. The highest BCUT2D eigenvalue weighted by atomic mass is 16.5. The van der Waals surface area contributed by atoms with E-state index in [9.17, 15) is 5.11 Å². The summed E-state index contributed by atoms with van der Waals surface area (Å²) in [5.74, 6) is 2.48. The van der Waals surface area contributed by atoms with Crippen LogP contribution in [0.1, 0.15) is 56.7 Å². The number of phenols is 1. The topological polar surface area (TPSA) is 38.7 Å². The van der Waals surface area contributed by atoms with Gasteiger partial charge in [-0.15, -0.1) is 0 Å². The zero-order valence-corrected chi connectivity index (χ0v) is 17.3. The van der Waals surface area contributed by atoms with Gasteiger partial charge in [0.05, 0.1) is 7.11 Å². The van der Waals surface area contributed by atoms with Crippen molar-refractivity contribution in [2.24, 2.45) is 11.3 Å². The van der Waals surface area contributed by atoms with Crippen molar-refractivity contribution in [1.29, 1.82) is 0 Å². The van der Waals surface area contributed by atoms with Crippen molar-refractivity contribution in [2.75, 3.05) is 7.11 Å². The molecule has 0 saturated heterocycles. The molecule has 0 aromatic heterocycles. The van der Waals surface area contributed by atoms with Crippen molar-refractivity contribution >= 4 is 12.2 Å². The van der Waals surface area contributed by atoms with Gasteiger partial charge in [0, 0.05) is 5.92 Å². The lowest BCUT2D eigenvalue weighted by molar-refractivity contribution is -0.0827. The molecule has 3 heteroatoms. The van der Waals surface area contributed by atoms with Gasteiger partial charge in [-0.3, -0.25) is 0 Å². The first-order valence-corrected chi connectivity index (χ1v) is 10.2. The van der Waals surface area contributed by atoms with Crippen LogP contribution in [0.15, 0.2) is 36.4 Å². The van der Waals surface area contributed by atoms with Crippen molar-refractivity contribution in [2.45, 2.75) is 52.1 Å². The molecule has 3 nitrogen and oxygen atoms in total. The summed E-state index contributed by atoms with van der Waals surface area (Å²) in [6, 6.07) is 11.5. The van der Waals surface area contributed by atoms with Gasteiger partial charge < -0.3 is 14.6 Å². The van der Waals surface area contributed by atoms with Gasteiger partial charge in [-0.1, -0.05) is 38.1 Å². The van der Waals surface area contributed by atoms with Crippen LogP contribution in [-0.4, -0.2) is 17.8 Å². The SMILES string of the molecule is COc1cc(/C=C/c2cccc(O)c2)cc2c1O[C@]1(C)CCCC(C)(C)[C@H]1C2. The Labute approximate surface area is 168 Å². The first-order valence-electron chi connectivity index (χ1n) is 10.2. The predicted molar refractivity (Wildman–Crippen MR) is 114 cm³/mol. The molecule has 28 heavy (non-hydrogen) atoms. The standard InChI is InChI=1S/C25H30O3/c1-24(2)11-6-12-25(3)22(24)16-19-13-18(15-21(27-4)23(19)28-25)10-9-17-7-5-8-20(26)14-17/h5,7-10,13-15,22,26H,6,11-12,16H2,1-4H3/b10-9+/t22-,25-/m1/s1. The third kappa shape index (κ3) is 3.39. The van der Waals surface area contributed by atoms with Crippen molar-refractivity contribution < 1.29 is 14.6 Å². The molecule has 2 aromatic carbocycles. The number of hydrogen-bond donors (Lipinski definition) is 1. The van der Waals surface area contributed by atoms with Crippen LogP contribution < -0.4 is 9.47 Å². The summed E-state index contributed by atoms with van der Waals surface area (Å²) in [5.41, 5.74) is 3.42. The smallest absolute Gasteiger partial charge is 0.165 e. The molecular formula is C25H30O3. The van der Waals surface area contributed by atoms with Crippen LogP contribution in [0.5, 0.6) is 17.2 Å². The van der Waals surface area contributed by atoms with Crippen LogP contribution in [0.25, 0.3) is 12.2 Å². The fourth-order valence-corrected chi connectivity index (χ4v) is 5.16. The maximum Gasteiger partial charge on any atom is 0.165 e. The molecule has 1 N–H and O–H groups in total. The number of ether oxygens (including phenoxy) is 2. The number of benzene rings is 2. The summed E-state index contributed by atoms with van der Waals surface area (Å²) in [5, 5.41) is 9.66. The van der Waals surface area contributed by atoms with E-state index < -0.39 is 0 Å². The van der Waals surface area contributed by atoms with Gasteiger partial charge in [-0.25, -0.2) is 0 Å². The Bertz CT molecular complexity index is 912. The Morgan fingerprint density at radius 3 is 2.61 bits per heavy atom. The number of hydrogen-bond acceptors (Lipinski definition) is 3. The van der Waals surface area contributed by atoms with E-state index in [-0.39, 0.29) is 16.8 Å². The molecule has 0 unspecified atom stereocenters. The largest absolute Gasteiger partial charge is 0.508 e. The molecule has 2 atom stereocenters. The van der Waals surface area contributed by atoms with Gasteiger partial charge in [0.2, 0.25) is 0 Å². The summed E-state index contributed by atoms with van der Waals surface area (Å²) in [6.07, 6.45) is 8.66. The molecule has 1 aliphatic carbocycles.